The van der Waals surface area contributed by atoms with Crippen LogP contribution in [-0.4, -0.2) is 43.5 Å². The van der Waals surface area contributed by atoms with Crippen LogP contribution in [0.5, 0.6) is 0 Å². The molecule has 6 nitrogen and oxygen atoms in total. The first-order valence-electron chi connectivity index (χ1n) is 9.58. The summed E-state index contributed by atoms with van der Waals surface area (Å²) in [7, 11) is 0. The first-order valence-corrected chi connectivity index (χ1v) is 9.58. The summed E-state index contributed by atoms with van der Waals surface area (Å²) in [5.74, 6) is 0.808. The van der Waals surface area contributed by atoms with Crippen molar-refractivity contribution < 1.29 is 9.18 Å². The van der Waals surface area contributed by atoms with Crippen LogP contribution in [0.3, 0.4) is 0 Å². The molecule has 2 atom stereocenters. The highest BCUT2D eigenvalue weighted by atomic mass is 19.1. The van der Waals surface area contributed by atoms with Crippen LogP contribution in [-0.2, 0) is 0 Å². The number of carbonyl (C=O) groups is 1. The van der Waals surface area contributed by atoms with Crippen molar-refractivity contribution in [2.24, 2.45) is 5.92 Å². The minimum Gasteiger partial charge on any atom is -0.338 e. The Hall–Kier alpha value is -2.83. The van der Waals surface area contributed by atoms with Crippen LogP contribution in [0.1, 0.15) is 52.1 Å². The predicted octanol–water partition coefficient (Wildman–Crippen LogP) is 3.45. The van der Waals surface area contributed by atoms with Crippen molar-refractivity contribution in [1.29, 1.82) is 0 Å². The number of benzene rings is 1. The number of carbonyl (C=O) groups excluding carboxylic acids is 1. The number of aromatic nitrogens is 4. The highest BCUT2D eigenvalue weighted by Crippen LogP contribution is 2.33. The average molecular weight is 381 g/mol. The molecule has 0 N–H and O–H groups in total. The summed E-state index contributed by atoms with van der Waals surface area (Å²) in [4.78, 5) is 23.6. The fraction of sp³-hybridized carbons (Fsp3) is 0.429. The number of aryl methyl sites for hydroxylation is 3. The number of amides is 1. The molecule has 1 aliphatic heterocycles. The minimum absolute atomic E-state index is 0.0521. The van der Waals surface area contributed by atoms with Crippen LogP contribution in [0.2, 0.25) is 0 Å². The molecule has 1 saturated heterocycles. The maximum Gasteiger partial charge on any atom is 0.253 e. The number of halogens is 1. The Kier molecular flexibility index (Phi) is 4.61. The Balaban J connectivity index is 1.67. The molecule has 4 rings (SSSR count). The van der Waals surface area contributed by atoms with Gasteiger partial charge >= 0.3 is 0 Å². The van der Waals surface area contributed by atoms with E-state index in [1.165, 1.54) is 6.33 Å². The van der Waals surface area contributed by atoms with Gasteiger partial charge < -0.3 is 4.90 Å². The molecule has 0 unspecified atom stereocenters. The van der Waals surface area contributed by atoms with E-state index in [4.69, 9.17) is 0 Å². The Bertz CT molecular complexity index is 1040. The Morgan fingerprint density at radius 3 is 2.61 bits per heavy atom. The molecule has 2 aromatic heterocycles. The van der Waals surface area contributed by atoms with Gasteiger partial charge in [0.05, 0.1) is 5.69 Å². The summed E-state index contributed by atoms with van der Waals surface area (Å²) in [5, 5.41) is 4.33. The van der Waals surface area contributed by atoms with E-state index in [1.54, 1.807) is 30.5 Å². The van der Waals surface area contributed by atoms with E-state index in [0.717, 1.165) is 17.8 Å². The fourth-order valence-corrected chi connectivity index (χ4v) is 4.11. The maximum absolute atomic E-state index is 14.0. The molecule has 0 saturated carbocycles. The second-order valence-electron chi connectivity index (χ2n) is 7.84. The first kappa shape index (κ1) is 18.5. The monoisotopic (exact) mass is 381 g/mol. The van der Waals surface area contributed by atoms with Gasteiger partial charge in [-0.1, -0.05) is 6.92 Å². The molecule has 1 fully saturated rings. The third-order valence-electron chi connectivity index (χ3n) is 5.72. The zero-order valence-corrected chi connectivity index (χ0v) is 16.6. The van der Waals surface area contributed by atoms with E-state index in [0.29, 0.717) is 41.5 Å². The van der Waals surface area contributed by atoms with E-state index in [9.17, 15) is 9.18 Å². The smallest absolute Gasteiger partial charge is 0.253 e. The lowest BCUT2D eigenvalue weighted by Gasteiger charge is -2.37. The van der Waals surface area contributed by atoms with Gasteiger partial charge in [-0.15, -0.1) is 0 Å². The van der Waals surface area contributed by atoms with Crippen LogP contribution < -0.4 is 0 Å². The largest absolute Gasteiger partial charge is 0.338 e. The highest BCUT2D eigenvalue weighted by Gasteiger charge is 2.32. The standard InChI is InChI=1S/C21H24FN5O/c1-12-5-6-26(20(28)16-7-13(2)19(22)14(3)8-16)10-17(12)18-9-15(4)25-21-23-11-24-27(18)21/h7-9,11-12,17H,5-6,10H2,1-4H3/t12-,17-/m0/s1. The zero-order valence-electron chi connectivity index (χ0n) is 16.6. The molecule has 0 bridgehead atoms. The highest BCUT2D eigenvalue weighted by molar-refractivity contribution is 5.94. The van der Waals surface area contributed by atoms with Gasteiger partial charge in [0.2, 0.25) is 0 Å². The number of likely N-dealkylation sites (tertiary alicyclic amines) is 1. The molecule has 0 aliphatic carbocycles. The van der Waals surface area contributed by atoms with E-state index in [2.05, 4.69) is 22.0 Å². The molecular weight excluding hydrogens is 357 g/mol. The predicted molar refractivity (Wildman–Crippen MR) is 104 cm³/mol. The summed E-state index contributed by atoms with van der Waals surface area (Å²) >= 11 is 0. The molecule has 0 radical (unpaired) electrons. The van der Waals surface area contributed by atoms with Crippen molar-refractivity contribution in [3.63, 3.8) is 0 Å². The van der Waals surface area contributed by atoms with Crippen molar-refractivity contribution in [2.45, 2.75) is 40.0 Å². The number of nitrogens with zero attached hydrogens (tertiary/aromatic N) is 5. The molecular formula is C21H24FN5O. The molecule has 0 spiro atoms. The second kappa shape index (κ2) is 6.96. The van der Waals surface area contributed by atoms with Crippen molar-refractivity contribution >= 4 is 11.7 Å². The van der Waals surface area contributed by atoms with Gasteiger partial charge in [0.1, 0.15) is 12.1 Å². The van der Waals surface area contributed by atoms with Gasteiger partial charge in [-0.2, -0.15) is 10.1 Å². The van der Waals surface area contributed by atoms with Gasteiger partial charge in [-0.25, -0.2) is 13.9 Å². The second-order valence-corrected chi connectivity index (χ2v) is 7.84. The van der Waals surface area contributed by atoms with Gasteiger partial charge in [-0.05, 0) is 62.4 Å². The maximum atomic E-state index is 14.0. The first-order chi connectivity index (χ1) is 13.3. The van der Waals surface area contributed by atoms with Crippen LogP contribution in [0.15, 0.2) is 24.5 Å². The normalized spacial score (nSPS) is 20.0. The Labute approximate surface area is 163 Å². The molecule has 1 amide bonds. The lowest BCUT2D eigenvalue weighted by Crippen LogP contribution is -2.42. The van der Waals surface area contributed by atoms with Gasteiger partial charge in [0.25, 0.3) is 11.7 Å². The van der Waals surface area contributed by atoms with E-state index in [1.807, 2.05) is 17.9 Å². The topological polar surface area (TPSA) is 63.4 Å². The van der Waals surface area contributed by atoms with E-state index < -0.39 is 0 Å². The molecule has 3 heterocycles. The summed E-state index contributed by atoms with van der Waals surface area (Å²) in [6, 6.07) is 5.32. The number of hydrogen-bond acceptors (Lipinski definition) is 4. The van der Waals surface area contributed by atoms with E-state index in [-0.39, 0.29) is 17.6 Å². The number of fused-ring (bicyclic) bond motifs is 1. The number of hydrogen-bond donors (Lipinski definition) is 0. The lowest BCUT2D eigenvalue weighted by molar-refractivity contribution is 0.0666. The molecule has 3 aromatic rings. The van der Waals surface area contributed by atoms with Gasteiger partial charge in [0.15, 0.2) is 0 Å². The average Bonchev–Trinajstić information content (AvgIpc) is 3.13. The number of piperidine rings is 1. The van der Waals surface area contributed by atoms with Crippen LogP contribution >= 0.6 is 0 Å². The van der Waals surface area contributed by atoms with Gasteiger partial charge in [0, 0.05) is 30.3 Å². The lowest BCUT2D eigenvalue weighted by atomic mass is 9.84. The summed E-state index contributed by atoms with van der Waals surface area (Å²) in [6.45, 7) is 8.82. The molecule has 1 aliphatic rings. The minimum atomic E-state index is -0.248. The molecule has 146 valence electrons. The quantitative estimate of drug-likeness (QED) is 0.682. The summed E-state index contributed by atoms with van der Waals surface area (Å²) in [6.07, 6.45) is 2.40. The Morgan fingerprint density at radius 2 is 1.89 bits per heavy atom. The van der Waals surface area contributed by atoms with Crippen molar-refractivity contribution in [1.82, 2.24) is 24.5 Å². The fourth-order valence-electron chi connectivity index (χ4n) is 4.11. The molecule has 1 aromatic carbocycles. The van der Waals surface area contributed by atoms with E-state index >= 15 is 0 Å². The van der Waals surface area contributed by atoms with Crippen LogP contribution in [0.4, 0.5) is 4.39 Å². The van der Waals surface area contributed by atoms with Crippen molar-refractivity contribution in [3.05, 3.63) is 58.4 Å². The van der Waals surface area contributed by atoms with Crippen molar-refractivity contribution in [3.8, 4) is 0 Å². The molecule has 28 heavy (non-hydrogen) atoms. The third kappa shape index (κ3) is 3.15. The third-order valence-corrected chi connectivity index (χ3v) is 5.72. The Morgan fingerprint density at radius 1 is 1.18 bits per heavy atom. The molecule has 7 heteroatoms. The summed E-state index contributed by atoms with van der Waals surface area (Å²) < 4.78 is 15.7. The van der Waals surface area contributed by atoms with Crippen LogP contribution in [0.25, 0.3) is 5.78 Å². The van der Waals surface area contributed by atoms with Crippen LogP contribution in [0, 0.1) is 32.5 Å². The number of rotatable bonds is 2. The SMILES string of the molecule is Cc1cc([C@H]2CN(C(=O)c3cc(C)c(F)c(C)c3)CC[C@@H]2C)n2ncnc2n1. The zero-order chi connectivity index (χ0) is 20.0. The van der Waals surface area contributed by atoms with Gasteiger partial charge in [-0.3, -0.25) is 4.79 Å². The summed E-state index contributed by atoms with van der Waals surface area (Å²) in [5.41, 5.74) is 3.45. The van der Waals surface area contributed by atoms with Crippen molar-refractivity contribution in [2.75, 3.05) is 13.1 Å².